The fourth-order valence-electron chi connectivity index (χ4n) is 4.69. The van der Waals surface area contributed by atoms with E-state index in [1.165, 1.54) is 82.2 Å². The van der Waals surface area contributed by atoms with Gasteiger partial charge in [0, 0.05) is 12.6 Å². The molecule has 0 amide bonds. The Morgan fingerprint density at radius 3 is 2.13 bits per heavy atom. The van der Waals surface area contributed by atoms with Crippen LogP contribution in [0.2, 0.25) is 0 Å². The summed E-state index contributed by atoms with van der Waals surface area (Å²) in [5.41, 5.74) is 1.47. The van der Waals surface area contributed by atoms with Crippen LogP contribution in [0.25, 0.3) is 0 Å². The summed E-state index contributed by atoms with van der Waals surface area (Å²) in [4.78, 5) is 7.97. The van der Waals surface area contributed by atoms with Crippen LogP contribution < -0.4 is 0 Å². The van der Waals surface area contributed by atoms with E-state index >= 15 is 0 Å². The molecular formula is C21H30N2. The molecule has 2 heteroatoms. The fraction of sp³-hybridized carbons (Fsp3) is 0.667. The van der Waals surface area contributed by atoms with E-state index in [4.69, 9.17) is 4.99 Å². The van der Waals surface area contributed by atoms with Crippen LogP contribution in [0.4, 0.5) is 0 Å². The van der Waals surface area contributed by atoms with Gasteiger partial charge in [0.15, 0.2) is 0 Å². The van der Waals surface area contributed by atoms with Crippen LogP contribution >= 0.6 is 0 Å². The van der Waals surface area contributed by atoms with Crippen molar-refractivity contribution >= 4 is 5.84 Å². The third-order valence-corrected chi connectivity index (χ3v) is 6.09. The topological polar surface area (TPSA) is 15.6 Å². The van der Waals surface area contributed by atoms with E-state index in [0.29, 0.717) is 12.0 Å². The highest BCUT2D eigenvalue weighted by atomic mass is 15.3. The number of benzene rings is 1. The van der Waals surface area contributed by atoms with Gasteiger partial charge in [-0.05, 0) is 31.2 Å². The van der Waals surface area contributed by atoms with Crippen molar-refractivity contribution < 1.29 is 0 Å². The van der Waals surface area contributed by atoms with Crippen molar-refractivity contribution in [3.63, 3.8) is 0 Å². The predicted molar refractivity (Wildman–Crippen MR) is 97.1 cm³/mol. The number of rotatable bonds is 3. The summed E-state index contributed by atoms with van der Waals surface area (Å²) in [6.07, 6.45) is 13.8. The first-order valence-corrected chi connectivity index (χ1v) is 9.81. The Morgan fingerprint density at radius 2 is 1.43 bits per heavy atom. The molecule has 4 rings (SSSR count). The first-order valence-electron chi connectivity index (χ1n) is 9.81. The van der Waals surface area contributed by atoms with Gasteiger partial charge in [0.2, 0.25) is 0 Å². The summed E-state index contributed by atoms with van der Waals surface area (Å²) in [7, 11) is 0. The standard InChI is InChI=1S/C21H30N2/c1-4-10-17(11-5-1)20-16-23(19-14-8-3-9-15-19)21(20)22-18-12-6-2-7-13-18/h1,4-5,10-11,18-20H,2-3,6-9,12-16H2/t20-/m0/s1. The van der Waals surface area contributed by atoms with Crippen LogP contribution in [-0.4, -0.2) is 29.4 Å². The van der Waals surface area contributed by atoms with Gasteiger partial charge < -0.3 is 4.90 Å². The van der Waals surface area contributed by atoms with E-state index in [0.717, 1.165) is 6.04 Å². The van der Waals surface area contributed by atoms with E-state index in [2.05, 4.69) is 35.2 Å². The van der Waals surface area contributed by atoms with Gasteiger partial charge in [-0.2, -0.15) is 0 Å². The normalized spacial score (nSPS) is 28.8. The first-order chi connectivity index (χ1) is 11.4. The van der Waals surface area contributed by atoms with Crippen LogP contribution in [0.15, 0.2) is 35.3 Å². The average Bonchev–Trinajstić information content (AvgIpc) is 2.62. The Kier molecular flexibility index (Phi) is 4.68. The summed E-state index contributed by atoms with van der Waals surface area (Å²) >= 11 is 0. The summed E-state index contributed by atoms with van der Waals surface area (Å²) in [6.45, 7) is 1.19. The SMILES string of the molecule is c1ccc([C@@H]2CN(C3CCCCC3)C2=NC2CCCCC2)cc1. The van der Waals surface area contributed by atoms with Gasteiger partial charge in [-0.15, -0.1) is 0 Å². The Hall–Kier alpha value is -1.31. The maximum Gasteiger partial charge on any atom is 0.109 e. The molecule has 23 heavy (non-hydrogen) atoms. The van der Waals surface area contributed by atoms with Crippen LogP contribution in [0.3, 0.4) is 0 Å². The highest BCUT2D eigenvalue weighted by Crippen LogP contribution is 2.37. The van der Waals surface area contributed by atoms with Crippen LogP contribution in [0.5, 0.6) is 0 Å². The predicted octanol–water partition coefficient (Wildman–Crippen LogP) is 5.15. The molecule has 2 nitrogen and oxygen atoms in total. The number of nitrogens with zero attached hydrogens (tertiary/aromatic N) is 2. The second-order valence-electron chi connectivity index (χ2n) is 7.69. The second-order valence-corrected chi connectivity index (χ2v) is 7.69. The summed E-state index contributed by atoms with van der Waals surface area (Å²) in [5, 5.41) is 0. The van der Waals surface area contributed by atoms with Crippen molar-refractivity contribution in [2.75, 3.05) is 6.54 Å². The third-order valence-electron chi connectivity index (χ3n) is 6.09. The molecule has 0 bridgehead atoms. The molecule has 0 spiro atoms. The smallest absolute Gasteiger partial charge is 0.109 e. The minimum atomic E-state index is 0.556. The van der Waals surface area contributed by atoms with Gasteiger partial charge >= 0.3 is 0 Å². The maximum atomic E-state index is 5.30. The number of aliphatic imine (C=N–C) groups is 1. The van der Waals surface area contributed by atoms with Crippen molar-refractivity contribution in [1.82, 2.24) is 4.90 Å². The highest BCUT2D eigenvalue weighted by Gasteiger charge is 2.40. The zero-order chi connectivity index (χ0) is 15.5. The molecule has 1 aromatic carbocycles. The first kappa shape index (κ1) is 15.2. The van der Waals surface area contributed by atoms with Crippen molar-refractivity contribution in [2.24, 2.45) is 4.99 Å². The molecule has 2 saturated carbocycles. The second kappa shape index (κ2) is 7.07. The van der Waals surface area contributed by atoms with Crippen LogP contribution in [0.1, 0.15) is 75.7 Å². The van der Waals surface area contributed by atoms with Gasteiger partial charge in [-0.25, -0.2) is 0 Å². The molecular weight excluding hydrogens is 280 g/mol. The lowest BCUT2D eigenvalue weighted by atomic mass is 9.84. The van der Waals surface area contributed by atoms with E-state index in [1.807, 2.05) is 0 Å². The molecule has 1 heterocycles. The molecule has 0 aromatic heterocycles. The van der Waals surface area contributed by atoms with Crippen LogP contribution in [0, 0.1) is 0 Å². The maximum absolute atomic E-state index is 5.30. The van der Waals surface area contributed by atoms with Crippen molar-refractivity contribution in [3.05, 3.63) is 35.9 Å². The molecule has 3 fully saturated rings. The van der Waals surface area contributed by atoms with Gasteiger partial charge in [0.25, 0.3) is 0 Å². The molecule has 2 aliphatic carbocycles. The van der Waals surface area contributed by atoms with E-state index in [1.54, 1.807) is 0 Å². The molecule has 1 atom stereocenters. The Morgan fingerprint density at radius 1 is 0.783 bits per heavy atom. The minimum Gasteiger partial charge on any atom is -0.356 e. The molecule has 1 aromatic rings. The van der Waals surface area contributed by atoms with E-state index in [-0.39, 0.29) is 0 Å². The number of hydrogen-bond acceptors (Lipinski definition) is 1. The van der Waals surface area contributed by atoms with Gasteiger partial charge in [-0.1, -0.05) is 68.9 Å². The summed E-state index contributed by atoms with van der Waals surface area (Å²) < 4.78 is 0. The zero-order valence-electron chi connectivity index (χ0n) is 14.3. The molecule has 0 unspecified atom stereocenters. The summed E-state index contributed by atoms with van der Waals surface area (Å²) in [6, 6.07) is 12.4. The summed E-state index contributed by atoms with van der Waals surface area (Å²) in [5.74, 6) is 1.98. The van der Waals surface area contributed by atoms with Gasteiger partial charge in [0.05, 0.1) is 12.0 Å². The van der Waals surface area contributed by atoms with Crippen molar-refractivity contribution in [1.29, 1.82) is 0 Å². The number of likely N-dealkylation sites (tertiary alicyclic amines) is 1. The zero-order valence-corrected chi connectivity index (χ0v) is 14.3. The number of amidine groups is 1. The Bertz CT molecular complexity index is 524. The molecule has 124 valence electrons. The molecule has 0 radical (unpaired) electrons. The Labute approximate surface area is 141 Å². The van der Waals surface area contributed by atoms with Gasteiger partial charge in [-0.3, -0.25) is 4.99 Å². The largest absolute Gasteiger partial charge is 0.356 e. The highest BCUT2D eigenvalue weighted by molar-refractivity contribution is 5.95. The molecule has 0 N–H and O–H groups in total. The lowest BCUT2D eigenvalue weighted by Gasteiger charge is -2.49. The van der Waals surface area contributed by atoms with Crippen molar-refractivity contribution in [2.45, 2.75) is 82.2 Å². The Balaban J connectivity index is 1.54. The molecule has 1 aliphatic heterocycles. The monoisotopic (exact) mass is 310 g/mol. The van der Waals surface area contributed by atoms with Crippen LogP contribution in [-0.2, 0) is 0 Å². The lowest BCUT2D eigenvalue weighted by Crippen LogP contribution is -2.56. The minimum absolute atomic E-state index is 0.556. The van der Waals surface area contributed by atoms with E-state index < -0.39 is 0 Å². The quantitative estimate of drug-likeness (QED) is 0.754. The fourth-order valence-corrected chi connectivity index (χ4v) is 4.69. The van der Waals surface area contributed by atoms with Gasteiger partial charge in [0.1, 0.15) is 5.84 Å². The lowest BCUT2D eigenvalue weighted by molar-refractivity contribution is 0.194. The average molecular weight is 310 g/mol. The molecule has 3 aliphatic rings. The third kappa shape index (κ3) is 3.32. The molecule has 1 saturated heterocycles. The number of hydrogen-bond donors (Lipinski definition) is 0. The van der Waals surface area contributed by atoms with Crippen molar-refractivity contribution in [3.8, 4) is 0 Å². The van der Waals surface area contributed by atoms with E-state index in [9.17, 15) is 0 Å².